The molecule has 10 nitrogen and oxygen atoms in total. The average Bonchev–Trinajstić information content (AvgIpc) is 3.57. The maximum absolute atomic E-state index is 12.5. The Morgan fingerprint density at radius 3 is 2.81 bits per heavy atom. The molecule has 0 unspecified atom stereocenters. The lowest BCUT2D eigenvalue weighted by atomic mass is 10.2. The van der Waals surface area contributed by atoms with E-state index in [0.717, 1.165) is 11.1 Å². The number of imidazole rings is 1. The summed E-state index contributed by atoms with van der Waals surface area (Å²) in [5, 5.41) is 6.82. The van der Waals surface area contributed by atoms with E-state index in [1.54, 1.807) is 29.4 Å². The molecule has 1 aromatic carbocycles. The summed E-state index contributed by atoms with van der Waals surface area (Å²) >= 11 is 0. The molecule has 0 saturated heterocycles. The molecule has 5 rings (SSSR count). The number of ether oxygens (including phenoxy) is 2. The molecular weight excluding hydrogens is 412 g/mol. The van der Waals surface area contributed by atoms with Gasteiger partial charge in [0, 0.05) is 24.9 Å². The van der Waals surface area contributed by atoms with Crippen molar-refractivity contribution in [1.29, 1.82) is 0 Å². The van der Waals surface area contributed by atoms with Gasteiger partial charge in [-0.25, -0.2) is 9.97 Å². The third-order valence-corrected chi connectivity index (χ3v) is 4.92. The summed E-state index contributed by atoms with van der Waals surface area (Å²) < 4.78 is 17.6. The predicted molar refractivity (Wildman–Crippen MR) is 112 cm³/mol. The van der Waals surface area contributed by atoms with Crippen LogP contribution in [0.1, 0.15) is 41.6 Å². The smallest absolute Gasteiger partial charge is 0.271 e. The SMILES string of the molecule is CC(C)c1noc(-c2ccc(-n3cnc(C(=O)NCc4ccc5c(c4)OCO5)c3)nc2)n1. The lowest BCUT2D eigenvalue weighted by Gasteiger charge is -2.05. The van der Waals surface area contributed by atoms with E-state index in [1.807, 2.05) is 38.1 Å². The topological polar surface area (TPSA) is 117 Å². The zero-order valence-corrected chi connectivity index (χ0v) is 17.5. The highest BCUT2D eigenvalue weighted by molar-refractivity contribution is 5.92. The van der Waals surface area contributed by atoms with E-state index in [-0.39, 0.29) is 24.3 Å². The highest BCUT2D eigenvalue weighted by atomic mass is 16.7. The number of amides is 1. The number of carbonyl (C=O) groups excluding carboxylic acids is 1. The van der Waals surface area contributed by atoms with Gasteiger partial charge in [0.05, 0.1) is 5.56 Å². The standard InChI is InChI=1S/C22H20N6O4/c1-13(2)20-26-22(32-27-20)15-4-6-19(23-9-15)28-10-16(25-11-28)21(29)24-8-14-3-5-17-18(7-14)31-12-30-17/h3-7,9-11,13H,8,12H2,1-2H3,(H,24,29). The van der Waals surface area contributed by atoms with E-state index in [2.05, 4.69) is 25.4 Å². The van der Waals surface area contributed by atoms with Crippen molar-refractivity contribution in [1.82, 2.24) is 30.0 Å². The first-order chi connectivity index (χ1) is 15.6. The summed E-state index contributed by atoms with van der Waals surface area (Å²) in [7, 11) is 0. The average molecular weight is 432 g/mol. The van der Waals surface area contributed by atoms with Crippen molar-refractivity contribution in [2.24, 2.45) is 0 Å². The van der Waals surface area contributed by atoms with Gasteiger partial charge < -0.3 is 19.3 Å². The minimum atomic E-state index is -0.287. The number of hydrogen-bond donors (Lipinski definition) is 1. The van der Waals surface area contributed by atoms with Gasteiger partial charge in [-0.1, -0.05) is 25.1 Å². The molecule has 162 valence electrons. The fraction of sp³-hybridized carbons (Fsp3) is 0.227. The van der Waals surface area contributed by atoms with Crippen LogP contribution in [0.3, 0.4) is 0 Å². The number of benzene rings is 1. The lowest BCUT2D eigenvalue weighted by Crippen LogP contribution is -2.23. The Morgan fingerprint density at radius 2 is 2.03 bits per heavy atom. The van der Waals surface area contributed by atoms with Crippen molar-refractivity contribution >= 4 is 5.91 Å². The van der Waals surface area contributed by atoms with Gasteiger partial charge in [0.15, 0.2) is 17.3 Å². The van der Waals surface area contributed by atoms with Gasteiger partial charge in [-0.2, -0.15) is 4.98 Å². The van der Waals surface area contributed by atoms with Gasteiger partial charge in [0.1, 0.15) is 17.8 Å². The largest absolute Gasteiger partial charge is 0.454 e. The van der Waals surface area contributed by atoms with E-state index in [0.29, 0.717) is 35.6 Å². The van der Waals surface area contributed by atoms with Crippen LogP contribution < -0.4 is 14.8 Å². The minimum absolute atomic E-state index is 0.181. The van der Waals surface area contributed by atoms with E-state index in [4.69, 9.17) is 14.0 Å². The summed E-state index contributed by atoms with van der Waals surface area (Å²) in [5.74, 6) is 2.95. The maximum Gasteiger partial charge on any atom is 0.271 e. The van der Waals surface area contributed by atoms with Crippen LogP contribution in [0.2, 0.25) is 0 Å². The van der Waals surface area contributed by atoms with E-state index in [1.165, 1.54) is 0 Å². The predicted octanol–water partition coefficient (Wildman–Crippen LogP) is 3.10. The van der Waals surface area contributed by atoms with E-state index >= 15 is 0 Å². The monoisotopic (exact) mass is 432 g/mol. The van der Waals surface area contributed by atoms with Crippen LogP contribution >= 0.6 is 0 Å². The number of nitrogens with zero attached hydrogens (tertiary/aromatic N) is 5. The number of hydrogen-bond acceptors (Lipinski definition) is 8. The molecule has 0 spiro atoms. The zero-order valence-electron chi connectivity index (χ0n) is 17.5. The Labute approximate surface area is 183 Å². The van der Waals surface area contributed by atoms with Crippen LogP contribution in [0.4, 0.5) is 0 Å². The molecule has 4 aromatic rings. The van der Waals surface area contributed by atoms with Crippen molar-refractivity contribution in [2.45, 2.75) is 26.3 Å². The van der Waals surface area contributed by atoms with Gasteiger partial charge in [0.25, 0.3) is 11.8 Å². The number of rotatable bonds is 6. The van der Waals surface area contributed by atoms with Crippen LogP contribution in [0.25, 0.3) is 17.3 Å². The van der Waals surface area contributed by atoms with Gasteiger partial charge >= 0.3 is 0 Å². The summed E-state index contributed by atoms with van der Waals surface area (Å²) in [4.78, 5) is 25.5. The van der Waals surface area contributed by atoms with Gasteiger partial charge in [0.2, 0.25) is 6.79 Å². The van der Waals surface area contributed by atoms with Crippen molar-refractivity contribution < 1.29 is 18.8 Å². The van der Waals surface area contributed by atoms with Crippen LogP contribution in [0, 0.1) is 0 Å². The summed E-state index contributed by atoms with van der Waals surface area (Å²) in [5.41, 5.74) is 1.91. The third-order valence-electron chi connectivity index (χ3n) is 4.92. The Balaban J connectivity index is 1.24. The van der Waals surface area contributed by atoms with Crippen molar-refractivity contribution in [3.63, 3.8) is 0 Å². The molecular formula is C22H20N6O4. The molecule has 0 radical (unpaired) electrons. The summed E-state index contributed by atoms with van der Waals surface area (Å²) in [6.07, 6.45) is 4.81. The maximum atomic E-state index is 12.5. The molecule has 4 heterocycles. The Morgan fingerprint density at radius 1 is 1.16 bits per heavy atom. The first-order valence-electron chi connectivity index (χ1n) is 10.1. The number of nitrogens with one attached hydrogen (secondary N) is 1. The van der Waals surface area contributed by atoms with Gasteiger partial charge in [-0.3, -0.25) is 9.36 Å². The first kappa shape index (κ1) is 19.7. The molecule has 0 saturated carbocycles. The van der Waals surface area contributed by atoms with Crippen molar-refractivity contribution in [3.8, 4) is 28.8 Å². The second-order valence-corrected chi connectivity index (χ2v) is 7.55. The second kappa shape index (κ2) is 8.14. The molecule has 3 aromatic heterocycles. The molecule has 0 aliphatic carbocycles. The van der Waals surface area contributed by atoms with E-state index < -0.39 is 0 Å². The molecule has 0 bridgehead atoms. The molecule has 1 amide bonds. The number of carbonyl (C=O) groups is 1. The lowest BCUT2D eigenvalue weighted by molar-refractivity contribution is 0.0946. The van der Waals surface area contributed by atoms with Gasteiger partial charge in [-0.05, 0) is 29.8 Å². The Bertz CT molecular complexity index is 1260. The summed E-state index contributed by atoms with van der Waals surface area (Å²) in [6, 6.07) is 9.18. The van der Waals surface area contributed by atoms with Crippen LogP contribution in [0.5, 0.6) is 11.5 Å². The molecule has 0 fully saturated rings. The van der Waals surface area contributed by atoms with Crippen molar-refractivity contribution in [3.05, 3.63) is 66.1 Å². The highest BCUT2D eigenvalue weighted by Gasteiger charge is 2.15. The highest BCUT2D eigenvalue weighted by Crippen LogP contribution is 2.32. The fourth-order valence-electron chi connectivity index (χ4n) is 3.14. The second-order valence-electron chi connectivity index (χ2n) is 7.55. The first-order valence-corrected chi connectivity index (χ1v) is 10.1. The Kier molecular flexibility index (Phi) is 5.02. The number of pyridine rings is 1. The molecule has 1 N–H and O–H groups in total. The molecule has 0 atom stereocenters. The molecule has 1 aliphatic heterocycles. The van der Waals surface area contributed by atoms with Crippen LogP contribution in [-0.2, 0) is 6.54 Å². The van der Waals surface area contributed by atoms with E-state index in [9.17, 15) is 4.79 Å². The number of fused-ring (bicyclic) bond motifs is 1. The Hall–Kier alpha value is -4.21. The molecule has 32 heavy (non-hydrogen) atoms. The fourth-order valence-corrected chi connectivity index (χ4v) is 3.14. The van der Waals surface area contributed by atoms with Crippen LogP contribution in [0.15, 0.2) is 53.6 Å². The zero-order chi connectivity index (χ0) is 22.1. The molecule has 1 aliphatic rings. The van der Waals surface area contributed by atoms with Crippen molar-refractivity contribution in [2.75, 3.05) is 6.79 Å². The summed E-state index contributed by atoms with van der Waals surface area (Å²) in [6.45, 7) is 4.55. The number of aromatic nitrogens is 5. The molecule has 10 heteroatoms. The third kappa shape index (κ3) is 3.89. The normalized spacial score (nSPS) is 12.3. The van der Waals surface area contributed by atoms with Crippen LogP contribution in [-0.4, -0.2) is 37.4 Å². The quantitative estimate of drug-likeness (QED) is 0.494. The minimum Gasteiger partial charge on any atom is -0.454 e. The van der Waals surface area contributed by atoms with Gasteiger partial charge in [-0.15, -0.1) is 0 Å².